The Kier molecular flexibility index (Phi) is 6.92. The van der Waals surface area contributed by atoms with E-state index >= 15 is 0 Å². The molecule has 1 aromatic heterocycles. The number of thiocarbonyl (C=S) groups is 1. The van der Waals surface area contributed by atoms with Crippen molar-refractivity contribution in [3.05, 3.63) is 70.0 Å². The first kappa shape index (κ1) is 22.1. The third-order valence-corrected chi connectivity index (χ3v) is 5.74. The first-order valence-corrected chi connectivity index (χ1v) is 11.1. The molecule has 2 N–H and O–H groups in total. The minimum atomic E-state index is -0.134. The first-order chi connectivity index (χ1) is 15.5. The van der Waals surface area contributed by atoms with Crippen LogP contribution in [0.4, 0.5) is 0 Å². The molecule has 0 spiro atoms. The lowest BCUT2D eigenvalue weighted by atomic mass is 10.1. The van der Waals surface area contributed by atoms with Crippen LogP contribution >= 0.6 is 12.2 Å². The van der Waals surface area contributed by atoms with Gasteiger partial charge in [-0.3, -0.25) is 4.79 Å². The second-order valence-corrected chi connectivity index (χ2v) is 8.53. The summed E-state index contributed by atoms with van der Waals surface area (Å²) in [6.07, 6.45) is 0.982. The molecule has 1 aliphatic rings. The van der Waals surface area contributed by atoms with Crippen molar-refractivity contribution in [2.24, 2.45) is 0 Å². The number of rotatable bonds is 8. The average molecular weight is 453 g/mol. The van der Waals surface area contributed by atoms with E-state index in [1.165, 1.54) is 0 Å². The van der Waals surface area contributed by atoms with Crippen molar-refractivity contribution in [2.45, 2.75) is 19.5 Å². The third-order valence-electron chi connectivity index (χ3n) is 5.34. The number of aromatic nitrogens is 1. The number of H-pyrrole nitrogens is 1. The van der Waals surface area contributed by atoms with Crippen molar-refractivity contribution in [3.63, 3.8) is 0 Å². The maximum atomic E-state index is 12.9. The van der Waals surface area contributed by atoms with Crippen LogP contribution in [0.15, 0.2) is 53.3 Å². The molecule has 4 rings (SSSR count). The highest BCUT2D eigenvalue weighted by atomic mass is 32.1. The number of ether oxygens (including phenoxy) is 2. The van der Waals surface area contributed by atoms with Crippen LogP contribution in [0.25, 0.3) is 10.9 Å². The molecule has 8 heteroatoms. The molecular weight excluding hydrogens is 424 g/mol. The molecule has 1 aliphatic heterocycles. The predicted molar refractivity (Wildman–Crippen MR) is 130 cm³/mol. The largest absolute Gasteiger partial charge is 0.454 e. The molecule has 0 radical (unpaired) electrons. The van der Waals surface area contributed by atoms with Crippen LogP contribution in [0.2, 0.25) is 0 Å². The lowest BCUT2D eigenvalue weighted by molar-refractivity contribution is 0.174. The van der Waals surface area contributed by atoms with Crippen LogP contribution in [0.3, 0.4) is 0 Å². The molecule has 3 aromatic rings. The fourth-order valence-corrected chi connectivity index (χ4v) is 3.90. The number of hydrogen-bond acceptors (Lipinski definition) is 5. The smallest absolute Gasteiger partial charge is 0.253 e. The molecule has 0 bridgehead atoms. The molecule has 2 heterocycles. The topological polar surface area (TPSA) is 69.8 Å². The Morgan fingerprint density at radius 1 is 1.09 bits per heavy atom. The maximum absolute atomic E-state index is 12.9. The number of fused-ring (bicyclic) bond motifs is 2. The average Bonchev–Trinajstić information content (AvgIpc) is 3.23. The zero-order valence-electron chi connectivity index (χ0n) is 18.4. The zero-order chi connectivity index (χ0) is 22.5. The SMILES string of the molecule is CN(C)CCCNC(=S)N(Cc1ccccc1)Cc1cc2cc3c(cc2[nH]c1=O)OCO3. The fraction of sp³-hybridized carbons (Fsp3) is 0.333. The van der Waals surface area contributed by atoms with Crippen molar-refractivity contribution >= 4 is 28.2 Å². The van der Waals surface area contributed by atoms with E-state index in [4.69, 9.17) is 21.7 Å². The van der Waals surface area contributed by atoms with Gasteiger partial charge in [0, 0.05) is 30.1 Å². The van der Waals surface area contributed by atoms with E-state index in [9.17, 15) is 4.79 Å². The van der Waals surface area contributed by atoms with Crippen molar-refractivity contribution in [3.8, 4) is 11.5 Å². The van der Waals surface area contributed by atoms with Gasteiger partial charge in [-0.1, -0.05) is 30.3 Å². The van der Waals surface area contributed by atoms with Gasteiger partial charge in [0.1, 0.15) is 0 Å². The molecule has 0 amide bonds. The van der Waals surface area contributed by atoms with Crippen molar-refractivity contribution < 1.29 is 9.47 Å². The normalized spacial score (nSPS) is 12.3. The van der Waals surface area contributed by atoms with Crippen molar-refractivity contribution in [2.75, 3.05) is 34.0 Å². The van der Waals surface area contributed by atoms with Crippen molar-refractivity contribution in [1.82, 2.24) is 20.1 Å². The van der Waals surface area contributed by atoms with Crippen LogP contribution in [0.5, 0.6) is 11.5 Å². The molecule has 0 unspecified atom stereocenters. The number of nitrogens with one attached hydrogen (secondary N) is 2. The van der Waals surface area contributed by atoms with Gasteiger partial charge >= 0.3 is 0 Å². The van der Waals surface area contributed by atoms with Gasteiger partial charge < -0.3 is 29.6 Å². The minimum Gasteiger partial charge on any atom is -0.454 e. The summed E-state index contributed by atoms with van der Waals surface area (Å²) >= 11 is 5.71. The first-order valence-electron chi connectivity index (χ1n) is 10.7. The molecule has 7 nitrogen and oxygen atoms in total. The van der Waals surface area contributed by atoms with Gasteiger partial charge in [0.25, 0.3) is 5.56 Å². The zero-order valence-corrected chi connectivity index (χ0v) is 19.2. The predicted octanol–water partition coefficient (Wildman–Crippen LogP) is 3.09. The van der Waals surface area contributed by atoms with E-state index in [-0.39, 0.29) is 12.4 Å². The molecule has 0 saturated carbocycles. The Morgan fingerprint density at radius 3 is 2.59 bits per heavy atom. The number of benzene rings is 2. The second kappa shape index (κ2) is 10.0. The van der Waals surface area contributed by atoms with Crippen LogP contribution in [0, 0.1) is 0 Å². The molecular formula is C24H28N4O3S. The van der Waals surface area contributed by atoms with Gasteiger partial charge in [0.05, 0.1) is 12.1 Å². The van der Waals surface area contributed by atoms with Gasteiger partial charge in [-0.25, -0.2) is 0 Å². The Bertz CT molecular complexity index is 1150. The number of pyridine rings is 1. The van der Waals surface area contributed by atoms with Gasteiger partial charge in [-0.15, -0.1) is 0 Å². The van der Waals surface area contributed by atoms with Crippen molar-refractivity contribution in [1.29, 1.82) is 0 Å². The van der Waals surface area contributed by atoms with E-state index in [0.717, 1.165) is 36.0 Å². The highest BCUT2D eigenvalue weighted by Gasteiger charge is 2.17. The summed E-state index contributed by atoms with van der Waals surface area (Å²) in [5, 5.41) is 4.88. The molecule has 0 aliphatic carbocycles. The Morgan fingerprint density at radius 2 is 1.84 bits per heavy atom. The Hall–Kier alpha value is -3.10. The van der Waals surface area contributed by atoms with Crippen LogP contribution in [0.1, 0.15) is 17.5 Å². The quantitative estimate of drug-likeness (QED) is 0.402. The number of hydrogen-bond donors (Lipinski definition) is 2. The highest BCUT2D eigenvalue weighted by Crippen LogP contribution is 2.35. The summed E-state index contributed by atoms with van der Waals surface area (Å²) in [7, 11) is 4.11. The molecule has 168 valence electrons. The van der Waals surface area contributed by atoms with Gasteiger partial charge in [-0.2, -0.15) is 0 Å². The molecule has 32 heavy (non-hydrogen) atoms. The Labute approximate surface area is 192 Å². The van der Waals surface area contributed by atoms with Gasteiger partial charge in [0.2, 0.25) is 6.79 Å². The van der Waals surface area contributed by atoms with E-state index in [2.05, 4.69) is 41.4 Å². The Balaban J connectivity index is 1.56. The van der Waals surface area contributed by atoms with Gasteiger partial charge in [0.15, 0.2) is 16.6 Å². The summed E-state index contributed by atoms with van der Waals surface area (Å²) in [6, 6.07) is 15.7. The molecule has 0 atom stereocenters. The molecule has 0 fully saturated rings. The molecule has 2 aromatic carbocycles. The lowest BCUT2D eigenvalue weighted by Crippen LogP contribution is -2.40. The minimum absolute atomic E-state index is 0.134. The van der Waals surface area contributed by atoms with E-state index in [1.54, 1.807) is 0 Å². The molecule has 0 saturated heterocycles. The lowest BCUT2D eigenvalue weighted by Gasteiger charge is -2.26. The summed E-state index contributed by atoms with van der Waals surface area (Å²) in [5.74, 6) is 1.34. The van der Waals surface area contributed by atoms with Crippen LogP contribution < -0.4 is 20.3 Å². The maximum Gasteiger partial charge on any atom is 0.253 e. The monoisotopic (exact) mass is 452 g/mol. The van der Waals surface area contributed by atoms with Crippen LogP contribution in [-0.4, -0.2) is 53.9 Å². The number of aromatic amines is 1. The number of nitrogens with zero attached hydrogens (tertiary/aromatic N) is 2. The van der Waals surface area contributed by atoms with E-state index in [1.807, 2.05) is 41.3 Å². The standard InChI is InChI=1S/C24H28N4O3S/c1-27(2)10-6-9-25-24(32)28(14-17-7-4-3-5-8-17)15-19-11-18-12-21-22(31-16-30-21)13-20(18)26-23(19)29/h3-5,7-8,11-13H,6,9-10,14-16H2,1-2H3,(H,25,32)(H,26,29). The summed E-state index contributed by atoms with van der Waals surface area (Å²) in [5.41, 5.74) is 2.36. The second-order valence-electron chi connectivity index (χ2n) is 8.15. The third kappa shape index (κ3) is 5.38. The summed E-state index contributed by atoms with van der Waals surface area (Å²) in [6.45, 7) is 2.96. The highest BCUT2D eigenvalue weighted by molar-refractivity contribution is 7.80. The summed E-state index contributed by atoms with van der Waals surface area (Å²) in [4.78, 5) is 20.0. The van der Waals surface area contributed by atoms with E-state index in [0.29, 0.717) is 35.3 Å². The van der Waals surface area contributed by atoms with Crippen LogP contribution in [-0.2, 0) is 13.1 Å². The van der Waals surface area contributed by atoms with Gasteiger partial charge in [-0.05, 0) is 57.0 Å². The summed E-state index contributed by atoms with van der Waals surface area (Å²) < 4.78 is 10.9. The van der Waals surface area contributed by atoms with E-state index < -0.39 is 0 Å². The fourth-order valence-electron chi connectivity index (χ4n) is 3.67.